The van der Waals surface area contributed by atoms with Gasteiger partial charge in [-0.2, -0.15) is 0 Å². The molecule has 1 aliphatic carbocycles. The van der Waals surface area contributed by atoms with Crippen molar-refractivity contribution in [2.24, 2.45) is 11.8 Å². The van der Waals surface area contributed by atoms with Gasteiger partial charge in [0.1, 0.15) is 0 Å². The van der Waals surface area contributed by atoms with E-state index in [4.69, 9.17) is 0 Å². The fourth-order valence-corrected chi connectivity index (χ4v) is 1.87. The zero-order valence-corrected chi connectivity index (χ0v) is 9.40. The predicted octanol–water partition coefficient (Wildman–Crippen LogP) is 4.64. The molecule has 12 heavy (non-hydrogen) atoms. The van der Waals surface area contributed by atoms with Crippen molar-refractivity contribution in [3.63, 3.8) is 0 Å². The highest BCUT2D eigenvalue weighted by Crippen LogP contribution is 2.29. The third-order valence-electron chi connectivity index (χ3n) is 2.63. The summed E-state index contributed by atoms with van der Waals surface area (Å²) in [5.74, 6) is 2.02. The van der Waals surface area contributed by atoms with E-state index in [1.807, 2.05) is 13.8 Å². The van der Waals surface area contributed by atoms with Crippen molar-refractivity contribution in [1.82, 2.24) is 0 Å². The molecule has 0 amide bonds. The second kappa shape index (κ2) is 7.64. The molecule has 0 saturated heterocycles. The van der Waals surface area contributed by atoms with E-state index >= 15 is 0 Å². The van der Waals surface area contributed by atoms with Gasteiger partial charge in [0, 0.05) is 0 Å². The summed E-state index contributed by atoms with van der Waals surface area (Å²) in [6.07, 6.45) is 8.99. The molecule has 0 radical (unpaired) electrons. The van der Waals surface area contributed by atoms with Gasteiger partial charge in [0.15, 0.2) is 0 Å². The molecule has 0 spiro atoms. The molecule has 0 heterocycles. The first-order chi connectivity index (χ1) is 5.79. The standard InChI is InChI=1S/C10H20.C2H6/c1-9(2)7-8-10-5-3-4-6-10;1-2/h9-10H,3-8H2,1-2H3;1-2H3. The second-order valence-electron chi connectivity index (χ2n) is 4.12. The van der Waals surface area contributed by atoms with Crippen LogP contribution in [0.5, 0.6) is 0 Å². The predicted molar refractivity (Wildman–Crippen MR) is 57.4 cm³/mol. The van der Waals surface area contributed by atoms with Crippen LogP contribution in [0.2, 0.25) is 0 Å². The van der Waals surface area contributed by atoms with Crippen LogP contribution < -0.4 is 0 Å². The maximum atomic E-state index is 2.33. The van der Waals surface area contributed by atoms with E-state index in [2.05, 4.69) is 13.8 Å². The van der Waals surface area contributed by atoms with E-state index in [9.17, 15) is 0 Å². The Bertz CT molecular complexity index is 78.0. The van der Waals surface area contributed by atoms with E-state index in [-0.39, 0.29) is 0 Å². The molecule has 0 N–H and O–H groups in total. The summed E-state index contributed by atoms with van der Waals surface area (Å²) in [5, 5.41) is 0. The number of rotatable bonds is 3. The van der Waals surface area contributed by atoms with Gasteiger partial charge in [-0.25, -0.2) is 0 Å². The normalized spacial score (nSPS) is 17.8. The maximum Gasteiger partial charge on any atom is -0.0414 e. The van der Waals surface area contributed by atoms with E-state index < -0.39 is 0 Å². The Hall–Kier alpha value is 0. The highest BCUT2D eigenvalue weighted by molar-refractivity contribution is 4.67. The molecule has 0 aromatic rings. The average molecular weight is 170 g/mol. The van der Waals surface area contributed by atoms with Crippen molar-refractivity contribution in [3.8, 4) is 0 Å². The summed E-state index contributed by atoms with van der Waals surface area (Å²) in [5.41, 5.74) is 0. The lowest BCUT2D eigenvalue weighted by molar-refractivity contribution is 0.432. The quantitative estimate of drug-likeness (QED) is 0.579. The summed E-state index contributed by atoms with van der Waals surface area (Å²) in [4.78, 5) is 0. The molecule has 0 aliphatic heterocycles. The Morgan fingerprint density at radius 1 is 1.08 bits per heavy atom. The molecule has 74 valence electrons. The SMILES string of the molecule is CC.CC(C)CCC1CCCC1. The van der Waals surface area contributed by atoms with Crippen LogP contribution in [-0.2, 0) is 0 Å². The fraction of sp³-hybridized carbons (Fsp3) is 1.00. The topological polar surface area (TPSA) is 0 Å². The van der Waals surface area contributed by atoms with Gasteiger partial charge in [-0.3, -0.25) is 0 Å². The Morgan fingerprint density at radius 2 is 1.58 bits per heavy atom. The molecule has 1 saturated carbocycles. The summed E-state index contributed by atoms with van der Waals surface area (Å²) < 4.78 is 0. The Kier molecular flexibility index (Phi) is 7.64. The fourth-order valence-electron chi connectivity index (χ4n) is 1.87. The lowest BCUT2D eigenvalue weighted by Crippen LogP contribution is -1.96. The van der Waals surface area contributed by atoms with Gasteiger partial charge < -0.3 is 0 Å². The van der Waals surface area contributed by atoms with Crippen LogP contribution in [0.1, 0.15) is 66.2 Å². The van der Waals surface area contributed by atoms with Crippen molar-refractivity contribution in [1.29, 1.82) is 0 Å². The highest BCUT2D eigenvalue weighted by Gasteiger charge is 2.14. The summed E-state index contributed by atoms with van der Waals surface area (Å²) >= 11 is 0. The van der Waals surface area contributed by atoms with Crippen molar-refractivity contribution in [2.45, 2.75) is 66.2 Å². The van der Waals surface area contributed by atoms with Crippen LogP contribution in [0.25, 0.3) is 0 Å². The van der Waals surface area contributed by atoms with Gasteiger partial charge in [-0.1, -0.05) is 66.2 Å². The molecular formula is C12H26. The summed E-state index contributed by atoms with van der Waals surface area (Å²) in [6.45, 7) is 8.66. The number of hydrogen-bond donors (Lipinski definition) is 0. The van der Waals surface area contributed by atoms with Crippen LogP contribution in [0.4, 0.5) is 0 Å². The van der Waals surface area contributed by atoms with Crippen LogP contribution in [0.3, 0.4) is 0 Å². The minimum Gasteiger partial charge on any atom is -0.0683 e. The van der Waals surface area contributed by atoms with Gasteiger partial charge in [-0.05, 0) is 11.8 Å². The van der Waals surface area contributed by atoms with Gasteiger partial charge in [-0.15, -0.1) is 0 Å². The Labute approximate surface area is 78.8 Å². The zero-order valence-electron chi connectivity index (χ0n) is 9.40. The molecule has 0 unspecified atom stereocenters. The number of hydrogen-bond acceptors (Lipinski definition) is 0. The molecule has 0 aromatic heterocycles. The van der Waals surface area contributed by atoms with Gasteiger partial charge in [0.05, 0.1) is 0 Å². The minimum atomic E-state index is 0.917. The molecule has 0 nitrogen and oxygen atoms in total. The van der Waals surface area contributed by atoms with Crippen LogP contribution in [0, 0.1) is 11.8 Å². The van der Waals surface area contributed by atoms with E-state index in [1.165, 1.54) is 38.5 Å². The van der Waals surface area contributed by atoms with Gasteiger partial charge in [0.25, 0.3) is 0 Å². The second-order valence-corrected chi connectivity index (χ2v) is 4.12. The average Bonchev–Trinajstić information content (AvgIpc) is 2.56. The lowest BCUT2D eigenvalue weighted by atomic mass is 9.97. The Balaban J connectivity index is 0.000000561. The summed E-state index contributed by atoms with van der Waals surface area (Å²) in [7, 11) is 0. The van der Waals surface area contributed by atoms with Crippen LogP contribution >= 0.6 is 0 Å². The largest absolute Gasteiger partial charge is 0.0683 e. The summed E-state index contributed by atoms with van der Waals surface area (Å²) in [6, 6.07) is 0. The first-order valence-corrected chi connectivity index (χ1v) is 5.79. The van der Waals surface area contributed by atoms with E-state index in [0.29, 0.717) is 0 Å². The molecule has 0 aromatic carbocycles. The molecule has 0 heteroatoms. The van der Waals surface area contributed by atoms with Crippen molar-refractivity contribution < 1.29 is 0 Å². The molecular weight excluding hydrogens is 144 g/mol. The van der Waals surface area contributed by atoms with Gasteiger partial charge >= 0.3 is 0 Å². The van der Waals surface area contributed by atoms with Crippen molar-refractivity contribution in [3.05, 3.63) is 0 Å². The highest BCUT2D eigenvalue weighted by atomic mass is 14.2. The molecule has 0 atom stereocenters. The first kappa shape index (κ1) is 12.0. The Morgan fingerprint density at radius 3 is 2.00 bits per heavy atom. The van der Waals surface area contributed by atoms with Crippen molar-refractivity contribution in [2.75, 3.05) is 0 Å². The zero-order chi connectivity index (χ0) is 9.40. The van der Waals surface area contributed by atoms with E-state index in [1.54, 1.807) is 0 Å². The molecule has 1 aliphatic rings. The third kappa shape index (κ3) is 5.62. The monoisotopic (exact) mass is 170 g/mol. The smallest absolute Gasteiger partial charge is 0.0414 e. The minimum absolute atomic E-state index is 0.917. The molecule has 0 bridgehead atoms. The van der Waals surface area contributed by atoms with E-state index in [0.717, 1.165) is 11.8 Å². The van der Waals surface area contributed by atoms with Crippen molar-refractivity contribution >= 4 is 0 Å². The first-order valence-electron chi connectivity index (χ1n) is 5.79. The molecule has 1 fully saturated rings. The van der Waals surface area contributed by atoms with Crippen LogP contribution in [0.15, 0.2) is 0 Å². The molecule has 1 rings (SSSR count). The maximum absolute atomic E-state index is 2.33. The van der Waals surface area contributed by atoms with Gasteiger partial charge in [0.2, 0.25) is 0 Å². The van der Waals surface area contributed by atoms with Crippen LogP contribution in [-0.4, -0.2) is 0 Å². The third-order valence-corrected chi connectivity index (χ3v) is 2.63. The lowest BCUT2D eigenvalue weighted by Gasteiger charge is -2.09.